The van der Waals surface area contributed by atoms with Crippen molar-refractivity contribution in [1.82, 2.24) is 15.2 Å². The van der Waals surface area contributed by atoms with Crippen LogP contribution in [0.3, 0.4) is 0 Å². The topological polar surface area (TPSA) is 99.9 Å². The molecule has 28 heavy (non-hydrogen) atoms. The number of hydrogen-bond acceptors (Lipinski definition) is 3. The number of rotatable bonds is 5. The summed E-state index contributed by atoms with van der Waals surface area (Å²) in [7, 11) is 0. The number of aliphatic imine (C=N–C) groups is 1. The second-order valence-corrected chi connectivity index (χ2v) is 6.98. The van der Waals surface area contributed by atoms with Gasteiger partial charge in [0.1, 0.15) is 5.56 Å². The molecule has 6 nitrogen and oxygen atoms in total. The Morgan fingerprint density at radius 1 is 1.25 bits per heavy atom. The Hall–Kier alpha value is -3.38. The van der Waals surface area contributed by atoms with Gasteiger partial charge < -0.3 is 10.7 Å². The zero-order chi connectivity index (χ0) is 19.7. The fourth-order valence-electron chi connectivity index (χ4n) is 3.29. The minimum Gasteiger partial charge on any atom is -0.365 e. The number of nitrogens with two attached hydrogens (primary N) is 1. The van der Waals surface area contributed by atoms with Crippen LogP contribution in [0, 0.1) is 6.92 Å². The van der Waals surface area contributed by atoms with Crippen molar-refractivity contribution in [2.75, 3.05) is 0 Å². The van der Waals surface area contributed by atoms with Crippen molar-refractivity contribution in [2.24, 2.45) is 10.7 Å². The van der Waals surface area contributed by atoms with Crippen LogP contribution in [-0.4, -0.2) is 27.3 Å². The van der Waals surface area contributed by atoms with Crippen molar-refractivity contribution in [3.63, 3.8) is 0 Å². The molecule has 0 saturated heterocycles. The number of primary amides is 1. The van der Waals surface area contributed by atoms with E-state index in [1.54, 1.807) is 12.3 Å². The van der Waals surface area contributed by atoms with Crippen LogP contribution in [0.15, 0.2) is 53.5 Å². The summed E-state index contributed by atoms with van der Waals surface area (Å²) in [5.41, 5.74) is 10.4. The SMILES string of the molecule is Cc1[nH]c2ccccc2c1C=Nc1n[nH]c(Cc2cccc(Cl)c2)c1C(N)=O. The van der Waals surface area contributed by atoms with Gasteiger partial charge in [-0.1, -0.05) is 41.9 Å². The number of halogens is 1. The molecular formula is C21H18ClN5O. The quantitative estimate of drug-likeness (QED) is 0.442. The molecular weight excluding hydrogens is 374 g/mol. The van der Waals surface area contributed by atoms with Gasteiger partial charge in [0.05, 0.1) is 5.69 Å². The molecule has 4 aromatic rings. The van der Waals surface area contributed by atoms with Gasteiger partial charge in [0, 0.05) is 39.8 Å². The molecule has 0 aliphatic heterocycles. The Morgan fingerprint density at radius 3 is 2.86 bits per heavy atom. The van der Waals surface area contributed by atoms with Crippen LogP contribution >= 0.6 is 11.6 Å². The van der Waals surface area contributed by atoms with E-state index in [1.165, 1.54) is 0 Å². The Labute approximate surface area is 166 Å². The number of aromatic amines is 2. The van der Waals surface area contributed by atoms with Gasteiger partial charge >= 0.3 is 0 Å². The first-order valence-electron chi connectivity index (χ1n) is 8.76. The number of aromatic nitrogens is 3. The molecule has 7 heteroatoms. The predicted octanol–water partition coefficient (Wildman–Crippen LogP) is 4.29. The zero-order valence-corrected chi connectivity index (χ0v) is 15.9. The molecule has 1 amide bonds. The number of carbonyl (C=O) groups excluding carboxylic acids is 1. The number of aryl methyl sites for hydroxylation is 1. The smallest absolute Gasteiger partial charge is 0.254 e. The average molecular weight is 392 g/mol. The van der Waals surface area contributed by atoms with Gasteiger partial charge in [-0.05, 0) is 30.7 Å². The second-order valence-electron chi connectivity index (χ2n) is 6.54. The van der Waals surface area contributed by atoms with Crippen molar-refractivity contribution in [3.8, 4) is 0 Å². The van der Waals surface area contributed by atoms with Gasteiger partial charge in [-0.15, -0.1) is 0 Å². The number of amides is 1. The molecule has 0 radical (unpaired) electrons. The van der Waals surface area contributed by atoms with E-state index in [0.717, 1.165) is 27.7 Å². The highest BCUT2D eigenvalue weighted by Gasteiger charge is 2.18. The minimum atomic E-state index is -0.575. The Kier molecular flexibility index (Phi) is 4.71. The van der Waals surface area contributed by atoms with E-state index in [9.17, 15) is 4.79 Å². The molecule has 140 valence electrons. The number of nitrogens with zero attached hydrogens (tertiary/aromatic N) is 2. The van der Waals surface area contributed by atoms with E-state index < -0.39 is 5.91 Å². The van der Waals surface area contributed by atoms with Crippen LogP contribution in [0.2, 0.25) is 5.02 Å². The molecule has 4 rings (SSSR count). The summed E-state index contributed by atoms with van der Waals surface area (Å²) in [6, 6.07) is 15.4. The van der Waals surface area contributed by atoms with Gasteiger partial charge in [-0.2, -0.15) is 5.10 Å². The summed E-state index contributed by atoms with van der Waals surface area (Å²) in [4.78, 5) is 19.8. The molecule has 0 saturated carbocycles. The van der Waals surface area contributed by atoms with Crippen molar-refractivity contribution in [2.45, 2.75) is 13.3 Å². The first-order valence-corrected chi connectivity index (χ1v) is 9.13. The van der Waals surface area contributed by atoms with Crippen LogP contribution in [0.4, 0.5) is 5.82 Å². The summed E-state index contributed by atoms with van der Waals surface area (Å²) < 4.78 is 0. The zero-order valence-electron chi connectivity index (χ0n) is 15.2. The second kappa shape index (κ2) is 7.32. The third-order valence-corrected chi connectivity index (χ3v) is 4.83. The van der Waals surface area contributed by atoms with Crippen molar-refractivity contribution < 1.29 is 4.79 Å². The first kappa shape index (κ1) is 18.0. The minimum absolute atomic E-state index is 0.272. The average Bonchev–Trinajstić information content (AvgIpc) is 3.20. The normalized spacial score (nSPS) is 11.5. The van der Waals surface area contributed by atoms with E-state index in [-0.39, 0.29) is 11.4 Å². The Bertz CT molecular complexity index is 1200. The molecule has 0 aliphatic carbocycles. The molecule has 2 aromatic heterocycles. The van der Waals surface area contributed by atoms with Crippen LogP contribution in [0.1, 0.15) is 32.9 Å². The lowest BCUT2D eigenvalue weighted by Gasteiger charge is -2.02. The largest absolute Gasteiger partial charge is 0.365 e. The number of benzene rings is 2. The summed E-state index contributed by atoms with van der Waals surface area (Å²) in [6.45, 7) is 1.98. The van der Waals surface area contributed by atoms with Gasteiger partial charge in [0.15, 0.2) is 5.82 Å². The molecule has 0 spiro atoms. The van der Waals surface area contributed by atoms with E-state index in [4.69, 9.17) is 17.3 Å². The molecule has 0 aliphatic rings. The van der Waals surface area contributed by atoms with Crippen LogP contribution in [0.5, 0.6) is 0 Å². The number of para-hydroxylation sites is 1. The molecule has 4 N–H and O–H groups in total. The maximum absolute atomic E-state index is 12.1. The van der Waals surface area contributed by atoms with E-state index >= 15 is 0 Å². The van der Waals surface area contributed by atoms with Crippen LogP contribution in [-0.2, 0) is 6.42 Å². The van der Waals surface area contributed by atoms with Crippen molar-refractivity contribution >= 4 is 40.4 Å². The third-order valence-electron chi connectivity index (χ3n) is 4.60. The monoisotopic (exact) mass is 391 g/mol. The Morgan fingerprint density at radius 2 is 2.07 bits per heavy atom. The first-order chi connectivity index (χ1) is 13.5. The standard InChI is InChI=1S/C21H18ClN5O/c1-12-16(15-7-2-3-8-17(15)25-12)11-24-21-19(20(23)28)18(26-27-21)10-13-5-4-6-14(22)9-13/h2-9,11,25H,10H2,1H3,(H2,23,28)(H,26,27). The molecule has 0 unspecified atom stereocenters. The fraction of sp³-hybridized carbons (Fsp3) is 0.0952. The maximum Gasteiger partial charge on any atom is 0.254 e. The van der Waals surface area contributed by atoms with E-state index in [0.29, 0.717) is 17.1 Å². The van der Waals surface area contributed by atoms with Gasteiger partial charge in [0.2, 0.25) is 0 Å². The highest BCUT2D eigenvalue weighted by atomic mass is 35.5. The molecule has 0 fully saturated rings. The van der Waals surface area contributed by atoms with Gasteiger partial charge in [-0.3, -0.25) is 9.89 Å². The highest BCUT2D eigenvalue weighted by molar-refractivity contribution is 6.30. The summed E-state index contributed by atoms with van der Waals surface area (Å²) in [5.74, 6) is -0.303. The summed E-state index contributed by atoms with van der Waals surface area (Å²) in [5, 5.41) is 8.77. The van der Waals surface area contributed by atoms with Crippen LogP contribution in [0.25, 0.3) is 10.9 Å². The van der Waals surface area contributed by atoms with Gasteiger partial charge in [-0.25, -0.2) is 4.99 Å². The Balaban J connectivity index is 1.70. The lowest BCUT2D eigenvalue weighted by molar-refractivity contribution is 0.100. The number of H-pyrrole nitrogens is 2. The lowest BCUT2D eigenvalue weighted by Crippen LogP contribution is -2.13. The van der Waals surface area contributed by atoms with Crippen molar-refractivity contribution in [1.29, 1.82) is 0 Å². The molecule has 0 atom stereocenters. The van der Waals surface area contributed by atoms with E-state index in [1.807, 2.05) is 49.4 Å². The summed E-state index contributed by atoms with van der Waals surface area (Å²) >= 11 is 6.04. The van der Waals surface area contributed by atoms with E-state index in [2.05, 4.69) is 20.2 Å². The fourth-order valence-corrected chi connectivity index (χ4v) is 3.50. The number of carbonyl (C=O) groups is 1. The van der Waals surface area contributed by atoms with Crippen molar-refractivity contribution in [3.05, 3.63) is 81.6 Å². The van der Waals surface area contributed by atoms with Gasteiger partial charge in [0.25, 0.3) is 5.91 Å². The summed E-state index contributed by atoms with van der Waals surface area (Å²) in [6.07, 6.45) is 2.16. The number of hydrogen-bond donors (Lipinski definition) is 3. The number of fused-ring (bicyclic) bond motifs is 1. The molecule has 2 aromatic carbocycles. The molecule has 2 heterocycles. The number of nitrogens with one attached hydrogen (secondary N) is 2. The predicted molar refractivity (Wildman–Crippen MR) is 112 cm³/mol. The highest BCUT2D eigenvalue weighted by Crippen LogP contribution is 2.25. The molecule has 0 bridgehead atoms. The third kappa shape index (κ3) is 3.42. The lowest BCUT2D eigenvalue weighted by atomic mass is 10.1. The maximum atomic E-state index is 12.1. The van der Waals surface area contributed by atoms with Crippen LogP contribution < -0.4 is 5.73 Å².